The molecule has 0 aliphatic carbocycles. The zero-order chi connectivity index (χ0) is 34.3. The molecule has 1 fully saturated rings. The number of anilines is 3. The summed E-state index contributed by atoms with van der Waals surface area (Å²) >= 11 is 0. The molecular formula is C36H34F2N6O5. The predicted octanol–water partition coefficient (Wildman–Crippen LogP) is 6.50. The quantitative estimate of drug-likeness (QED) is 0.148. The molecule has 0 saturated carbocycles. The van der Waals surface area contributed by atoms with E-state index in [1.54, 1.807) is 36.5 Å². The Labute approximate surface area is 281 Å². The van der Waals surface area contributed by atoms with Crippen LogP contribution in [0.5, 0.6) is 23.1 Å². The molecule has 6 rings (SSSR count). The van der Waals surface area contributed by atoms with Crippen molar-refractivity contribution in [2.75, 3.05) is 57.3 Å². The number of ether oxygens (including phenoxy) is 4. The van der Waals surface area contributed by atoms with E-state index >= 15 is 4.39 Å². The molecule has 1 aliphatic heterocycles. The number of aromatic nitrogens is 3. The van der Waals surface area contributed by atoms with Gasteiger partial charge in [0.25, 0.3) is 0 Å². The van der Waals surface area contributed by atoms with Gasteiger partial charge in [0.1, 0.15) is 18.0 Å². The van der Waals surface area contributed by atoms with Gasteiger partial charge in [-0.15, -0.1) is 0 Å². The van der Waals surface area contributed by atoms with Crippen molar-refractivity contribution < 1.29 is 32.5 Å². The zero-order valence-electron chi connectivity index (χ0n) is 27.2. The van der Waals surface area contributed by atoms with E-state index in [-0.39, 0.29) is 11.6 Å². The fourth-order valence-corrected chi connectivity index (χ4v) is 5.43. The van der Waals surface area contributed by atoms with Gasteiger partial charge in [0.15, 0.2) is 23.1 Å². The summed E-state index contributed by atoms with van der Waals surface area (Å²) in [7, 11) is 3.04. The second-order valence-electron chi connectivity index (χ2n) is 11.1. The molecule has 2 aromatic heterocycles. The molecule has 13 heteroatoms. The summed E-state index contributed by atoms with van der Waals surface area (Å²) in [6.07, 6.45) is 5.59. The summed E-state index contributed by atoms with van der Waals surface area (Å²) in [5.41, 5.74) is 3.76. The highest BCUT2D eigenvalue weighted by Crippen LogP contribution is 2.37. The molecule has 1 amide bonds. The first-order chi connectivity index (χ1) is 23.9. The highest BCUT2D eigenvalue weighted by molar-refractivity contribution is 5.87. The van der Waals surface area contributed by atoms with Crippen LogP contribution in [0.25, 0.3) is 17.0 Å². The van der Waals surface area contributed by atoms with Crippen molar-refractivity contribution >= 4 is 40.6 Å². The van der Waals surface area contributed by atoms with Crippen molar-refractivity contribution in [3.8, 4) is 23.1 Å². The van der Waals surface area contributed by atoms with E-state index in [0.29, 0.717) is 78.1 Å². The maximum atomic E-state index is 15.4. The highest BCUT2D eigenvalue weighted by Gasteiger charge is 2.19. The Morgan fingerprint density at radius 2 is 1.71 bits per heavy atom. The summed E-state index contributed by atoms with van der Waals surface area (Å²) in [4.78, 5) is 29.1. The number of benzene rings is 3. The Hall–Kier alpha value is -5.66. The number of hydrogen-bond acceptors (Lipinski definition) is 10. The van der Waals surface area contributed by atoms with Gasteiger partial charge in [0.2, 0.25) is 12.3 Å². The van der Waals surface area contributed by atoms with Crippen molar-refractivity contribution in [2.45, 2.75) is 6.92 Å². The summed E-state index contributed by atoms with van der Waals surface area (Å²) in [5, 5.41) is 3.71. The molecule has 0 unspecified atom stereocenters. The third-order valence-electron chi connectivity index (χ3n) is 8.08. The number of carbonyl (C=O) groups excluding carboxylic acids is 1. The Morgan fingerprint density at radius 1 is 0.959 bits per heavy atom. The Morgan fingerprint density at radius 3 is 2.43 bits per heavy atom. The Kier molecular flexibility index (Phi) is 10.2. The van der Waals surface area contributed by atoms with Crippen LogP contribution >= 0.6 is 0 Å². The van der Waals surface area contributed by atoms with Gasteiger partial charge in [-0.1, -0.05) is 0 Å². The highest BCUT2D eigenvalue weighted by atomic mass is 19.1. The number of nitrogens with zero attached hydrogens (tertiary/aromatic N) is 5. The standard InChI is InChI=1S/C36H34F2N6O5/c1-23-24(16-28(20-43-12-14-48-15-13-43)44(22-45)27-7-4-25(37)5-8-27)10-11-39-35(23)42-26-6-9-32(30(38)17-26)49-36-29-18-33(46-2)34(47-3)19-31(29)40-21-41-36/h4-11,16-19,21-22H,12-15,20H2,1-3H3,(H,39,42)/b28-16-. The van der Waals surface area contributed by atoms with Crippen molar-refractivity contribution in [1.29, 1.82) is 0 Å². The number of amides is 1. The predicted molar refractivity (Wildman–Crippen MR) is 182 cm³/mol. The average Bonchev–Trinajstić information content (AvgIpc) is 3.12. The second-order valence-corrected chi connectivity index (χ2v) is 11.1. The molecule has 3 heterocycles. The first kappa shape index (κ1) is 33.2. The fraction of sp³-hybridized carbons (Fsp3) is 0.222. The van der Waals surface area contributed by atoms with Gasteiger partial charge in [-0.3, -0.25) is 14.6 Å². The molecule has 1 N–H and O–H groups in total. The van der Waals surface area contributed by atoms with Crippen LogP contribution < -0.4 is 24.4 Å². The lowest BCUT2D eigenvalue weighted by molar-refractivity contribution is -0.107. The minimum Gasteiger partial charge on any atom is -0.493 e. The molecule has 3 aromatic carbocycles. The number of methoxy groups -OCH3 is 2. The minimum atomic E-state index is -0.625. The molecule has 0 atom stereocenters. The monoisotopic (exact) mass is 668 g/mol. The van der Waals surface area contributed by atoms with Crippen LogP contribution in [0.1, 0.15) is 11.1 Å². The normalized spacial score (nSPS) is 13.6. The fourth-order valence-electron chi connectivity index (χ4n) is 5.43. The number of carbonyl (C=O) groups is 1. The van der Waals surface area contributed by atoms with Gasteiger partial charge in [0.05, 0.1) is 38.3 Å². The molecule has 11 nitrogen and oxygen atoms in total. The zero-order valence-corrected chi connectivity index (χ0v) is 27.2. The van der Waals surface area contributed by atoms with Crippen LogP contribution in [0, 0.1) is 18.6 Å². The topological polar surface area (TPSA) is 111 Å². The van der Waals surface area contributed by atoms with Crippen LogP contribution in [0.4, 0.5) is 26.0 Å². The Balaban J connectivity index is 1.26. The number of morpholine rings is 1. The van der Waals surface area contributed by atoms with Gasteiger partial charge in [-0.2, -0.15) is 0 Å². The van der Waals surface area contributed by atoms with Gasteiger partial charge in [-0.25, -0.2) is 23.7 Å². The lowest BCUT2D eigenvalue weighted by Crippen LogP contribution is -2.40. The average molecular weight is 669 g/mol. The molecule has 5 aromatic rings. The van der Waals surface area contributed by atoms with Crippen LogP contribution in [0.3, 0.4) is 0 Å². The summed E-state index contributed by atoms with van der Waals surface area (Å²) in [5.74, 6) is 0.539. The van der Waals surface area contributed by atoms with E-state index in [9.17, 15) is 9.18 Å². The van der Waals surface area contributed by atoms with E-state index in [1.165, 1.54) is 49.7 Å². The van der Waals surface area contributed by atoms with Crippen LogP contribution in [0.2, 0.25) is 0 Å². The molecule has 252 valence electrons. The van der Waals surface area contributed by atoms with E-state index in [4.69, 9.17) is 18.9 Å². The summed E-state index contributed by atoms with van der Waals surface area (Å²) < 4.78 is 51.3. The maximum absolute atomic E-state index is 15.4. The first-order valence-electron chi connectivity index (χ1n) is 15.4. The number of hydrogen-bond donors (Lipinski definition) is 1. The van der Waals surface area contributed by atoms with E-state index in [2.05, 4.69) is 25.2 Å². The number of fused-ring (bicyclic) bond motifs is 1. The van der Waals surface area contributed by atoms with Gasteiger partial charge in [-0.05, 0) is 72.7 Å². The molecule has 0 spiro atoms. The minimum absolute atomic E-state index is 0.0378. The molecule has 0 radical (unpaired) electrons. The van der Waals surface area contributed by atoms with Crippen LogP contribution in [0.15, 0.2) is 78.9 Å². The maximum Gasteiger partial charge on any atom is 0.230 e. The first-order valence-corrected chi connectivity index (χ1v) is 15.4. The van der Waals surface area contributed by atoms with Crippen molar-refractivity contribution in [1.82, 2.24) is 19.9 Å². The Bertz CT molecular complexity index is 1990. The molecular weight excluding hydrogens is 634 g/mol. The lowest BCUT2D eigenvalue weighted by atomic mass is 10.1. The van der Waals surface area contributed by atoms with Crippen molar-refractivity contribution in [3.05, 3.63) is 102 Å². The lowest BCUT2D eigenvalue weighted by Gasteiger charge is -2.31. The third kappa shape index (κ3) is 7.58. The smallest absolute Gasteiger partial charge is 0.230 e. The van der Waals surface area contributed by atoms with Gasteiger partial charge < -0.3 is 24.3 Å². The van der Waals surface area contributed by atoms with E-state index in [0.717, 1.165) is 17.5 Å². The molecule has 1 aliphatic rings. The number of rotatable bonds is 12. The molecule has 0 bridgehead atoms. The van der Waals surface area contributed by atoms with Gasteiger partial charge >= 0.3 is 0 Å². The third-order valence-corrected chi connectivity index (χ3v) is 8.08. The van der Waals surface area contributed by atoms with Crippen molar-refractivity contribution in [3.63, 3.8) is 0 Å². The van der Waals surface area contributed by atoms with Crippen molar-refractivity contribution in [2.24, 2.45) is 0 Å². The van der Waals surface area contributed by atoms with Gasteiger partial charge in [0, 0.05) is 55.0 Å². The number of nitrogens with one attached hydrogen (secondary N) is 1. The largest absolute Gasteiger partial charge is 0.493 e. The summed E-state index contributed by atoms with van der Waals surface area (Å²) in [6, 6.07) is 15.4. The summed E-state index contributed by atoms with van der Waals surface area (Å²) in [6.45, 7) is 4.93. The molecule has 1 saturated heterocycles. The number of halogens is 2. The number of pyridine rings is 1. The molecule has 49 heavy (non-hydrogen) atoms. The second kappa shape index (κ2) is 15.0. The van der Waals surface area contributed by atoms with Crippen LogP contribution in [-0.4, -0.2) is 73.3 Å². The van der Waals surface area contributed by atoms with Crippen LogP contribution in [-0.2, 0) is 9.53 Å². The van der Waals surface area contributed by atoms with E-state index in [1.807, 2.05) is 19.1 Å². The SMILES string of the molecule is COc1cc2ncnc(Oc3ccc(Nc4nccc(/C=C(/CN5CCOCC5)N(C=O)c5ccc(F)cc5)c4C)cc3F)c2cc1OC. The van der Waals surface area contributed by atoms with E-state index < -0.39 is 11.6 Å².